The second kappa shape index (κ2) is 4.77. The molecule has 1 aliphatic rings. The Labute approximate surface area is 116 Å². The first-order chi connectivity index (χ1) is 9.95. The third kappa shape index (κ3) is 1.92. The van der Waals surface area contributed by atoms with Crippen LogP contribution in [0.5, 0.6) is 0 Å². The summed E-state index contributed by atoms with van der Waals surface area (Å²) >= 11 is 0. The first kappa shape index (κ1) is 13.9. The zero-order valence-corrected chi connectivity index (χ0v) is 11.0. The van der Waals surface area contributed by atoms with Crippen LogP contribution in [0.25, 0.3) is 11.2 Å². The molecule has 0 aliphatic carbocycles. The van der Waals surface area contributed by atoms with Crippen LogP contribution < -0.4 is 11.2 Å². The first-order valence-electron chi connectivity index (χ1n) is 6.24. The molecule has 0 radical (unpaired) electrons. The second-order valence-electron chi connectivity index (χ2n) is 4.87. The number of fused-ring (bicyclic) bond motifs is 1. The fourth-order valence-corrected chi connectivity index (χ4v) is 2.38. The van der Waals surface area contributed by atoms with Gasteiger partial charge in [0, 0.05) is 7.05 Å². The molecule has 0 spiro atoms. The van der Waals surface area contributed by atoms with E-state index < -0.39 is 42.4 Å². The van der Waals surface area contributed by atoms with Gasteiger partial charge in [-0.2, -0.15) is 0 Å². The van der Waals surface area contributed by atoms with E-state index in [0.717, 1.165) is 4.57 Å². The Kier molecular flexibility index (Phi) is 3.17. The molecular weight excluding hydrogens is 284 g/mol. The van der Waals surface area contributed by atoms with Crippen molar-refractivity contribution in [3.05, 3.63) is 27.2 Å². The van der Waals surface area contributed by atoms with Gasteiger partial charge in [-0.25, -0.2) is 9.78 Å². The fraction of sp³-hybridized carbons (Fsp3) is 0.545. The van der Waals surface area contributed by atoms with Crippen LogP contribution in [0.2, 0.25) is 0 Å². The number of hydrogen-bond donors (Lipinski definition) is 4. The van der Waals surface area contributed by atoms with Crippen molar-refractivity contribution in [3.8, 4) is 0 Å². The maximum atomic E-state index is 11.9. The van der Waals surface area contributed by atoms with E-state index in [4.69, 9.17) is 9.84 Å². The molecule has 114 valence electrons. The van der Waals surface area contributed by atoms with Crippen LogP contribution in [0, 0.1) is 0 Å². The molecule has 2 aromatic rings. The van der Waals surface area contributed by atoms with Crippen LogP contribution in [0.3, 0.4) is 0 Å². The van der Waals surface area contributed by atoms with E-state index in [1.54, 1.807) is 0 Å². The van der Waals surface area contributed by atoms with Crippen molar-refractivity contribution in [2.75, 3.05) is 6.61 Å². The van der Waals surface area contributed by atoms with Gasteiger partial charge in [-0.15, -0.1) is 0 Å². The number of imidazole rings is 1. The van der Waals surface area contributed by atoms with Crippen molar-refractivity contribution < 1.29 is 20.1 Å². The molecule has 1 fully saturated rings. The Morgan fingerprint density at radius 3 is 2.71 bits per heavy atom. The number of aromatic amines is 1. The smallest absolute Gasteiger partial charge is 0.329 e. The van der Waals surface area contributed by atoms with Gasteiger partial charge in [0.25, 0.3) is 5.56 Å². The van der Waals surface area contributed by atoms with Gasteiger partial charge >= 0.3 is 5.69 Å². The van der Waals surface area contributed by atoms with Crippen LogP contribution in [-0.4, -0.2) is 59.3 Å². The minimum atomic E-state index is -1.33. The van der Waals surface area contributed by atoms with E-state index in [1.807, 2.05) is 0 Å². The molecular formula is C11H14N4O6. The van der Waals surface area contributed by atoms with E-state index in [2.05, 4.69) is 9.97 Å². The predicted molar refractivity (Wildman–Crippen MR) is 68.6 cm³/mol. The number of H-pyrrole nitrogens is 1. The Morgan fingerprint density at radius 1 is 1.38 bits per heavy atom. The molecule has 0 amide bonds. The first-order valence-corrected chi connectivity index (χ1v) is 6.24. The molecule has 0 unspecified atom stereocenters. The largest absolute Gasteiger partial charge is 0.394 e. The molecule has 10 nitrogen and oxygen atoms in total. The second-order valence-corrected chi connectivity index (χ2v) is 4.87. The Hall–Kier alpha value is -2.01. The third-order valence-corrected chi connectivity index (χ3v) is 3.62. The third-order valence-electron chi connectivity index (χ3n) is 3.62. The van der Waals surface area contributed by atoms with Gasteiger partial charge in [0.2, 0.25) is 0 Å². The highest BCUT2D eigenvalue weighted by molar-refractivity contribution is 5.69. The molecule has 3 heterocycles. The summed E-state index contributed by atoms with van der Waals surface area (Å²) in [7, 11) is 1.31. The van der Waals surface area contributed by atoms with Gasteiger partial charge in [0.1, 0.15) is 24.0 Å². The summed E-state index contributed by atoms with van der Waals surface area (Å²) in [6, 6.07) is 0. The average molecular weight is 298 g/mol. The number of aromatic nitrogens is 4. The van der Waals surface area contributed by atoms with Gasteiger partial charge in [0.15, 0.2) is 11.7 Å². The predicted octanol–water partition coefficient (Wildman–Crippen LogP) is -2.97. The lowest BCUT2D eigenvalue weighted by Gasteiger charge is -2.16. The van der Waals surface area contributed by atoms with E-state index in [-0.39, 0.29) is 11.2 Å². The summed E-state index contributed by atoms with van der Waals surface area (Å²) < 4.78 is 7.46. The van der Waals surface area contributed by atoms with E-state index in [1.165, 1.54) is 17.9 Å². The molecule has 0 aromatic carbocycles. The minimum absolute atomic E-state index is 0.00911. The van der Waals surface area contributed by atoms with Gasteiger partial charge in [-0.05, 0) is 0 Å². The van der Waals surface area contributed by atoms with Crippen molar-refractivity contribution in [2.45, 2.75) is 24.5 Å². The van der Waals surface area contributed by atoms with Crippen molar-refractivity contribution in [1.29, 1.82) is 0 Å². The van der Waals surface area contributed by atoms with Crippen LogP contribution >= 0.6 is 0 Å². The van der Waals surface area contributed by atoms with E-state index in [0.29, 0.717) is 0 Å². The Morgan fingerprint density at radius 2 is 2.10 bits per heavy atom. The number of aliphatic hydroxyl groups is 3. The highest BCUT2D eigenvalue weighted by Gasteiger charge is 2.43. The lowest BCUT2D eigenvalue weighted by Crippen LogP contribution is -2.34. The van der Waals surface area contributed by atoms with Crippen molar-refractivity contribution in [2.24, 2.45) is 7.05 Å². The van der Waals surface area contributed by atoms with Crippen molar-refractivity contribution >= 4 is 11.2 Å². The molecule has 3 rings (SSSR count). The van der Waals surface area contributed by atoms with Crippen molar-refractivity contribution in [3.63, 3.8) is 0 Å². The lowest BCUT2D eigenvalue weighted by molar-refractivity contribution is -0.0511. The molecule has 0 bridgehead atoms. The monoisotopic (exact) mass is 298 g/mol. The Balaban J connectivity index is 2.15. The molecule has 4 atom stereocenters. The van der Waals surface area contributed by atoms with E-state index >= 15 is 0 Å². The minimum Gasteiger partial charge on any atom is -0.394 e. The topological polar surface area (TPSA) is 143 Å². The molecule has 1 saturated heterocycles. The average Bonchev–Trinajstić information content (AvgIpc) is 2.99. The zero-order valence-electron chi connectivity index (χ0n) is 11.0. The zero-order chi connectivity index (χ0) is 15.3. The number of hydrogen-bond acceptors (Lipinski definition) is 7. The van der Waals surface area contributed by atoms with Gasteiger partial charge < -0.3 is 20.1 Å². The Bertz CT molecular complexity index is 792. The number of nitrogens with one attached hydrogen (secondary N) is 1. The summed E-state index contributed by atoms with van der Waals surface area (Å²) in [5.41, 5.74) is -1.13. The van der Waals surface area contributed by atoms with Crippen LogP contribution in [0.15, 0.2) is 15.9 Å². The van der Waals surface area contributed by atoms with Gasteiger partial charge in [-0.3, -0.25) is 18.9 Å². The SMILES string of the molecule is Cn1c(=O)[nH]c2c(ncn2[C@@H]2O[C@H](CO)[C@@H](O)[C@H]2O)c1=O. The number of nitrogens with zero attached hydrogens (tertiary/aromatic N) is 3. The maximum absolute atomic E-state index is 11.9. The number of aliphatic hydroxyl groups excluding tert-OH is 3. The highest BCUT2D eigenvalue weighted by atomic mass is 16.6. The van der Waals surface area contributed by atoms with Gasteiger partial charge in [0.05, 0.1) is 12.9 Å². The molecule has 4 N–H and O–H groups in total. The summed E-state index contributed by atoms with van der Waals surface area (Å²) in [6.45, 7) is -0.473. The van der Waals surface area contributed by atoms with Crippen LogP contribution in [0.4, 0.5) is 0 Å². The molecule has 10 heteroatoms. The maximum Gasteiger partial charge on any atom is 0.329 e. The number of ether oxygens (including phenoxy) is 1. The summed E-state index contributed by atoms with van der Waals surface area (Å²) in [6.07, 6.45) is -3.41. The number of rotatable bonds is 2. The summed E-state index contributed by atoms with van der Waals surface area (Å²) in [5, 5.41) is 28.8. The quantitative estimate of drug-likeness (QED) is 0.463. The molecule has 2 aromatic heterocycles. The lowest BCUT2D eigenvalue weighted by atomic mass is 10.1. The van der Waals surface area contributed by atoms with Crippen molar-refractivity contribution in [1.82, 2.24) is 19.1 Å². The fourth-order valence-electron chi connectivity index (χ4n) is 2.38. The molecule has 0 saturated carbocycles. The standard InChI is InChI=1S/C11H14N4O6/c1-14-9(19)5-8(13-11(14)20)15(3-12-5)10-7(18)6(17)4(2-16)21-10/h3-4,6-7,10,16-18H,2H2,1H3,(H,13,20)/t4-,6-,7-,10-/m1/s1. The molecule has 1 aliphatic heterocycles. The van der Waals surface area contributed by atoms with E-state index in [9.17, 15) is 19.8 Å². The molecule has 21 heavy (non-hydrogen) atoms. The summed E-state index contributed by atoms with van der Waals surface area (Å²) in [5.74, 6) is 0. The van der Waals surface area contributed by atoms with Gasteiger partial charge in [-0.1, -0.05) is 0 Å². The normalized spacial score (nSPS) is 29.3. The highest BCUT2D eigenvalue weighted by Crippen LogP contribution is 2.30. The van der Waals surface area contributed by atoms with Crippen LogP contribution in [-0.2, 0) is 11.8 Å². The van der Waals surface area contributed by atoms with Crippen LogP contribution in [0.1, 0.15) is 6.23 Å². The summed E-state index contributed by atoms with van der Waals surface area (Å²) in [4.78, 5) is 29.9.